The second-order valence-corrected chi connectivity index (χ2v) is 5.50. The summed E-state index contributed by atoms with van der Waals surface area (Å²) < 4.78 is 5.31. The van der Waals surface area contributed by atoms with Crippen molar-refractivity contribution in [2.45, 2.75) is 12.8 Å². The first-order valence-electron chi connectivity index (χ1n) is 7.57. The molecule has 0 fully saturated rings. The molecular formula is C18H21ClN2O2. The smallest absolute Gasteiger partial charge is 0.225 e. The molecule has 0 radical (unpaired) electrons. The van der Waals surface area contributed by atoms with Gasteiger partial charge < -0.3 is 15.4 Å². The Kier molecular flexibility index (Phi) is 6.91. The Morgan fingerprint density at radius 3 is 2.61 bits per heavy atom. The van der Waals surface area contributed by atoms with E-state index in [1.807, 2.05) is 36.4 Å². The lowest BCUT2D eigenvalue weighted by molar-refractivity contribution is -0.116. The first-order valence-corrected chi connectivity index (χ1v) is 7.95. The van der Waals surface area contributed by atoms with Gasteiger partial charge in [-0.15, -0.1) is 0 Å². The Morgan fingerprint density at radius 1 is 1.09 bits per heavy atom. The predicted molar refractivity (Wildman–Crippen MR) is 94.3 cm³/mol. The molecule has 2 N–H and O–H groups in total. The van der Waals surface area contributed by atoms with Crippen molar-refractivity contribution in [3.8, 4) is 5.75 Å². The van der Waals surface area contributed by atoms with Gasteiger partial charge in [-0.3, -0.25) is 4.79 Å². The minimum Gasteiger partial charge on any atom is -0.496 e. The fourth-order valence-corrected chi connectivity index (χ4v) is 2.42. The summed E-state index contributed by atoms with van der Waals surface area (Å²) in [5, 5.41) is 6.62. The van der Waals surface area contributed by atoms with Crippen LogP contribution in [-0.2, 0) is 11.2 Å². The molecule has 0 unspecified atom stereocenters. The van der Waals surface area contributed by atoms with Crippen molar-refractivity contribution in [3.63, 3.8) is 0 Å². The highest BCUT2D eigenvalue weighted by Gasteiger charge is 2.05. The summed E-state index contributed by atoms with van der Waals surface area (Å²) in [5.41, 5.74) is 1.80. The van der Waals surface area contributed by atoms with Crippen molar-refractivity contribution < 1.29 is 9.53 Å². The fourth-order valence-electron chi connectivity index (χ4n) is 2.23. The van der Waals surface area contributed by atoms with Crippen LogP contribution in [0.25, 0.3) is 0 Å². The van der Waals surface area contributed by atoms with E-state index in [0.29, 0.717) is 23.7 Å². The van der Waals surface area contributed by atoms with E-state index in [4.69, 9.17) is 16.3 Å². The molecular weight excluding hydrogens is 312 g/mol. The van der Waals surface area contributed by atoms with E-state index < -0.39 is 0 Å². The number of halogens is 1. The number of benzene rings is 2. The molecule has 23 heavy (non-hydrogen) atoms. The molecule has 0 saturated carbocycles. The molecule has 0 aliphatic carbocycles. The fraction of sp³-hybridized carbons (Fsp3) is 0.278. The van der Waals surface area contributed by atoms with Crippen LogP contribution in [0.5, 0.6) is 5.75 Å². The standard InChI is InChI=1S/C18H21ClN2O2/c1-23-17-9-5-2-6-14(17)10-12-20-13-11-18(22)21-16-8-4-3-7-15(16)19/h2-9,20H,10-13H2,1H3,(H,21,22). The molecule has 0 heterocycles. The van der Waals surface area contributed by atoms with Gasteiger partial charge in [0, 0.05) is 13.0 Å². The second kappa shape index (κ2) is 9.18. The summed E-state index contributed by atoms with van der Waals surface area (Å²) in [7, 11) is 1.67. The zero-order valence-corrected chi connectivity index (χ0v) is 13.9. The Bertz CT molecular complexity index is 646. The summed E-state index contributed by atoms with van der Waals surface area (Å²) in [6, 6.07) is 15.2. The van der Waals surface area contributed by atoms with Gasteiger partial charge >= 0.3 is 0 Å². The van der Waals surface area contributed by atoms with E-state index in [-0.39, 0.29) is 5.91 Å². The molecule has 4 nitrogen and oxygen atoms in total. The lowest BCUT2D eigenvalue weighted by atomic mass is 10.1. The van der Waals surface area contributed by atoms with Gasteiger partial charge in [0.15, 0.2) is 0 Å². The quantitative estimate of drug-likeness (QED) is 0.727. The molecule has 5 heteroatoms. The molecule has 122 valence electrons. The van der Waals surface area contributed by atoms with Gasteiger partial charge in [-0.05, 0) is 36.7 Å². The Hall–Kier alpha value is -2.04. The van der Waals surface area contributed by atoms with Crippen LogP contribution >= 0.6 is 11.6 Å². The topological polar surface area (TPSA) is 50.4 Å². The van der Waals surface area contributed by atoms with Crippen LogP contribution in [-0.4, -0.2) is 26.1 Å². The maximum atomic E-state index is 11.9. The number of nitrogens with one attached hydrogen (secondary N) is 2. The molecule has 0 bridgehead atoms. The lowest BCUT2D eigenvalue weighted by Crippen LogP contribution is -2.23. The van der Waals surface area contributed by atoms with Crippen LogP contribution in [0.2, 0.25) is 5.02 Å². The van der Waals surface area contributed by atoms with Crippen LogP contribution < -0.4 is 15.4 Å². The molecule has 0 aromatic heterocycles. The molecule has 2 aromatic carbocycles. The summed E-state index contributed by atoms with van der Waals surface area (Å²) in [6.45, 7) is 1.41. The first-order chi connectivity index (χ1) is 11.2. The Balaban J connectivity index is 1.67. The number of ether oxygens (including phenoxy) is 1. The molecule has 0 aliphatic heterocycles. The van der Waals surface area contributed by atoms with Gasteiger partial charge in [0.1, 0.15) is 5.75 Å². The van der Waals surface area contributed by atoms with E-state index >= 15 is 0 Å². The summed E-state index contributed by atoms with van der Waals surface area (Å²) in [4.78, 5) is 11.9. The monoisotopic (exact) mass is 332 g/mol. The minimum atomic E-state index is -0.0529. The molecule has 0 spiro atoms. The Labute approximate surface area is 141 Å². The van der Waals surface area contributed by atoms with Gasteiger partial charge in [-0.25, -0.2) is 0 Å². The minimum absolute atomic E-state index is 0.0529. The zero-order valence-electron chi connectivity index (χ0n) is 13.1. The molecule has 1 amide bonds. The van der Waals surface area contributed by atoms with Crippen molar-refractivity contribution in [2.75, 3.05) is 25.5 Å². The van der Waals surface area contributed by atoms with Crippen molar-refractivity contribution in [1.82, 2.24) is 5.32 Å². The molecule has 0 saturated heterocycles. The SMILES string of the molecule is COc1ccccc1CCNCCC(=O)Nc1ccccc1Cl. The number of hydrogen-bond donors (Lipinski definition) is 2. The molecule has 2 rings (SSSR count). The van der Waals surface area contributed by atoms with Gasteiger partial charge in [0.05, 0.1) is 17.8 Å². The normalized spacial score (nSPS) is 10.3. The van der Waals surface area contributed by atoms with Crippen LogP contribution in [0.15, 0.2) is 48.5 Å². The van der Waals surface area contributed by atoms with Gasteiger partial charge in [-0.1, -0.05) is 41.9 Å². The number of hydrogen-bond acceptors (Lipinski definition) is 3. The van der Waals surface area contributed by atoms with Crippen LogP contribution in [0, 0.1) is 0 Å². The third-order valence-electron chi connectivity index (χ3n) is 3.44. The van der Waals surface area contributed by atoms with E-state index in [9.17, 15) is 4.79 Å². The van der Waals surface area contributed by atoms with E-state index in [1.165, 1.54) is 0 Å². The molecule has 0 aliphatic rings. The lowest BCUT2D eigenvalue weighted by Gasteiger charge is -2.09. The number of para-hydroxylation sites is 2. The number of amides is 1. The number of carbonyl (C=O) groups is 1. The third-order valence-corrected chi connectivity index (χ3v) is 3.77. The number of carbonyl (C=O) groups excluding carboxylic acids is 1. The van der Waals surface area contributed by atoms with E-state index in [1.54, 1.807) is 19.2 Å². The van der Waals surface area contributed by atoms with Crippen LogP contribution in [0.1, 0.15) is 12.0 Å². The number of anilines is 1. The van der Waals surface area contributed by atoms with Crippen molar-refractivity contribution in [3.05, 3.63) is 59.1 Å². The zero-order chi connectivity index (χ0) is 16.5. The van der Waals surface area contributed by atoms with Crippen molar-refractivity contribution >= 4 is 23.2 Å². The maximum Gasteiger partial charge on any atom is 0.225 e. The molecule has 0 atom stereocenters. The van der Waals surface area contributed by atoms with Crippen molar-refractivity contribution in [2.24, 2.45) is 0 Å². The summed E-state index contributed by atoms with van der Waals surface area (Å²) in [6.07, 6.45) is 1.26. The third kappa shape index (κ3) is 5.58. The largest absolute Gasteiger partial charge is 0.496 e. The summed E-state index contributed by atoms with van der Waals surface area (Å²) in [5.74, 6) is 0.841. The van der Waals surface area contributed by atoms with E-state index in [0.717, 1.165) is 24.3 Å². The molecule has 2 aromatic rings. The Morgan fingerprint density at radius 2 is 1.83 bits per heavy atom. The van der Waals surface area contributed by atoms with Gasteiger partial charge in [0.2, 0.25) is 5.91 Å². The van der Waals surface area contributed by atoms with E-state index in [2.05, 4.69) is 10.6 Å². The first kappa shape index (κ1) is 17.3. The highest BCUT2D eigenvalue weighted by Crippen LogP contribution is 2.20. The summed E-state index contributed by atoms with van der Waals surface area (Å²) >= 11 is 6.01. The van der Waals surface area contributed by atoms with Gasteiger partial charge in [0.25, 0.3) is 0 Å². The average Bonchev–Trinajstić information content (AvgIpc) is 2.57. The van der Waals surface area contributed by atoms with Crippen molar-refractivity contribution in [1.29, 1.82) is 0 Å². The van der Waals surface area contributed by atoms with Crippen LogP contribution in [0.4, 0.5) is 5.69 Å². The number of methoxy groups -OCH3 is 1. The second-order valence-electron chi connectivity index (χ2n) is 5.09. The average molecular weight is 333 g/mol. The van der Waals surface area contributed by atoms with Crippen LogP contribution in [0.3, 0.4) is 0 Å². The highest BCUT2D eigenvalue weighted by atomic mass is 35.5. The predicted octanol–water partition coefficient (Wildman–Crippen LogP) is 3.51. The number of rotatable bonds is 8. The highest BCUT2D eigenvalue weighted by molar-refractivity contribution is 6.33. The van der Waals surface area contributed by atoms with Gasteiger partial charge in [-0.2, -0.15) is 0 Å². The maximum absolute atomic E-state index is 11.9.